The number of ether oxygens (including phenoxy) is 1. The van der Waals surface area contributed by atoms with Crippen LogP contribution in [0, 0.1) is 11.3 Å². The standard InChI is InChI=1S/C16H19N3O/c1-5-11-6-7-14(20-4)12(8-11)13-9-18-15(19-13)16(2,3)10-17/h6-9H,5H2,1-4H3,(H,18,19). The second kappa shape index (κ2) is 5.38. The summed E-state index contributed by atoms with van der Waals surface area (Å²) < 4.78 is 5.41. The number of rotatable bonds is 4. The van der Waals surface area contributed by atoms with E-state index in [0.29, 0.717) is 5.82 Å². The summed E-state index contributed by atoms with van der Waals surface area (Å²) in [4.78, 5) is 7.57. The van der Waals surface area contributed by atoms with Gasteiger partial charge in [0, 0.05) is 5.56 Å². The van der Waals surface area contributed by atoms with Crippen molar-refractivity contribution in [3.63, 3.8) is 0 Å². The average Bonchev–Trinajstić information content (AvgIpc) is 2.97. The number of hydrogen-bond acceptors (Lipinski definition) is 3. The van der Waals surface area contributed by atoms with Crippen LogP contribution in [0.4, 0.5) is 0 Å². The Hall–Kier alpha value is -2.28. The molecule has 1 aromatic carbocycles. The molecule has 0 spiro atoms. The minimum absolute atomic E-state index is 0.631. The first-order valence-electron chi connectivity index (χ1n) is 6.66. The first kappa shape index (κ1) is 14.1. The van der Waals surface area contributed by atoms with Crippen molar-refractivity contribution >= 4 is 0 Å². The summed E-state index contributed by atoms with van der Waals surface area (Å²) in [6.45, 7) is 5.80. The highest BCUT2D eigenvalue weighted by Gasteiger charge is 2.24. The number of nitriles is 1. The van der Waals surface area contributed by atoms with Crippen LogP contribution in [0.1, 0.15) is 32.2 Å². The number of aromatic amines is 1. The van der Waals surface area contributed by atoms with Gasteiger partial charge in [-0.2, -0.15) is 5.26 Å². The van der Waals surface area contributed by atoms with E-state index in [2.05, 4.69) is 35.1 Å². The fourth-order valence-corrected chi connectivity index (χ4v) is 2.01. The quantitative estimate of drug-likeness (QED) is 0.924. The number of methoxy groups -OCH3 is 1. The van der Waals surface area contributed by atoms with Crippen LogP contribution in [0.15, 0.2) is 24.4 Å². The number of benzene rings is 1. The van der Waals surface area contributed by atoms with Gasteiger partial charge >= 0.3 is 0 Å². The molecule has 0 saturated heterocycles. The first-order chi connectivity index (χ1) is 9.51. The molecule has 20 heavy (non-hydrogen) atoms. The summed E-state index contributed by atoms with van der Waals surface area (Å²) in [7, 11) is 1.65. The van der Waals surface area contributed by atoms with Crippen LogP contribution >= 0.6 is 0 Å². The predicted molar refractivity (Wildman–Crippen MR) is 78.6 cm³/mol. The van der Waals surface area contributed by atoms with Gasteiger partial charge in [-0.1, -0.05) is 13.0 Å². The van der Waals surface area contributed by atoms with Gasteiger partial charge in [0.1, 0.15) is 17.0 Å². The molecule has 0 saturated carbocycles. The highest BCUT2D eigenvalue weighted by atomic mass is 16.5. The van der Waals surface area contributed by atoms with Gasteiger partial charge < -0.3 is 9.72 Å². The van der Waals surface area contributed by atoms with Crippen molar-refractivity contribution in [3.05, 3.63) is 35.8 Å². The summed E-state index contributed by atoms with van der Waals surface area (Å²) in [5, 5.41) is 9.18. The molecule has 0 bridgehead atoms. The fourth-order valence-electron chi connectivity index (χ4n) is 2.01. The fraction of sp³-hybridized carbons (Fsp3) is 0.375. The van der Waals surface area contributed by atoms with E-state index in [1.165, 1.54) is 5.56 Å². The van der Waals surface area contributed by atoms with Crippen molar-refractivity contribution < 1.29 is 4.74 Å². The Morgan fingerprint density at radius 1 is 1.40 bits per heavy atom. The molecule has 0 aliphatic rings. The van der Waals surface area contributed by atoms with E-state index in [4.69, 9.17) is 4.74 Å². The van der Waals surface area contributed by atoms with E-state index in [1.54, 1.807) is 13.3 Å². The molecular weight excluding hydrogens is 250 g/mol. The van der Waals surface area contributed by atoms with Gasteiger partial charge in [-0.05, 0) is 38.0 Å². The lowest BCUT2D eigenvalue weighted by Gasteiger charge is -2.11. The van der Waals surface area contributed by atoms with E-state index in [1.807, 2.05) is 19.9 Å². The lowest BCUT2D eigenvalue weighted by molar-refractivity contribution is 0.416. The molecule has 0 unspecified atom stereocenters. The average molecular weight is 269 g/mol. The zero-order valence-corrected chi connectivity index (χ0v) is 12.3. The topological polar surface area (TPSA) is 61.7 Å². The third-order valence-electron chi connectivity index (χ3n) is 3.41. The summed E-state index contributed by atoms with van der Waals surface area (Å²) in [5.41, 5.74) is 2.44. The molecule has 2 aromatic rings. The highest BCUT2D eigenvalue weighted by molar-refractivity contribution is 5.68. The Labute approximate surface area is 119 Å². The molecule has 0 aliphatic carbocycles. The maximum atomic E-state index is 9.18. The third-order valence-corrected chi connectivity index (χ3v) is 3.41. The summed E-state index contributed by atoms with van der Waals surface area (Å²) in [6.07, 6.45) is 2.72. The SMILES string of the molecule is CCc1ccc(OC)c(-c2cnc(C(C)(C)C#N)[nH]2)c1. The minimum atomic E-state index is -0.631. The third kappa shape index (κ3) is 2.53. The first-order valence-corrected chi connectivity index (χ1v) is 6.66. The Morgan fingerprint density at radius 2 is 2.15 bits per heavy atom. The maximum Gasteiger partial charge on any atom is 0.128 e. The van der Waals surface area contributed by atoms with Gasteiger partial charge in [-0.15, -0.1) is 0 Å². The van der Waals surface area contributed by atoms with Crippen molar-refractivity contribution in [1.29, 1.82) is 5.26 Å². The lowest BCUT2D eigenvalue weighted by atomic mass is 9.95. The molecule has 1 N–H and O–H groups in total. The van der Waals surface area contributed by atoms with Crippen LogP contribution in [-0.2, 0) is 11.8 Å². The number of nitrogens with one attached hydrogen (secondary N) is 1. The van der Waals surface area contributed by atoms with Crippen LogP contribution in [0.5, 0.6) is 5.75 Å². The number of aryl methyl sites for hydroxylation is 1. The summed E-state index contributed by atoms with van der Waals surface area (Å²) in [5.74, 6) is 1.46. The molecule has 4 nitrogen and oxygen atoms in total. The van der Waals surface area contributed by atoms with E-state index in [-0.39, 0.29) is 0 Å². The van der Waals surface area contributed by atoms with E-state index in [0.717, 1.165) is 23.4 Å². The van der Waals surface area contributed by atoms with Crippen LogP contribution in [0.2, 0.25) is 0 Å². The van der Waals surface area contributed by atoms with Crippen molar-refractivity contribution in [2.45, 2.75) is 32.6 Å². The van der Waals surface area contributed by atoms with Crippen molar-refractivity contribution in [2.75, 3.05) is 7.11 Å². The molecule has 0 amide bonds. The van der Waals surface area contributed by atoms with Gasteiger partial charge in [0.25, 0.3) is 0 Å². The number of aromatic nitrogens is 2. The van der Waals surface area contributed by atoms with Crippen LogP contribution in [0.25, 0.3) is 11.3 Å². The summed E-state index contributed by atoms with van der Waals surface area (Å²) in [6, 6.07) is 8.36. The van der Waals surface area contributed by atoms with Crippen molar-refractivity contribution in [3.8, 4) is 23.1 Å². The van der Waals surface area contributed by atoms with Gasteiger partial charge in [0.05, 0.1) is 25.1 Å². The lowest BCUT2D eigenvalue weighted by Crippen LogP contribution is -2.15. The monoisotopic (exact) mass is 269 g/mol. The Kier molecular flexibility index (Phi) is 3.80. The molecule has 2 rings (SSSR count). The smallest absolute Gasteiger partial charge is 0.128 e. The Bertz CT molecular complexity index is 650. The van der Waals surface area contributed by atoms with Crippen molar-refractivity contribution in [1.82, 2.24) is 9.97 Å². The Balaban J connectivity index is 2.49. The molecule has 104 valence electrons. The van der Waals surface area contributed by atoms with Gasteiger partial charge in [-0.25, -0.2) is 4.98 Å². The summed E-state index contributed by atoms with van der Waals surface area (Å²) >= 11 is 0. The van der Waals surface area contributed by atoms with E-state index >= 15 is 0 Å². The predicted octanol–water partition coefficient (Wildman–Crippen LogP) is 3.45. The van der Waals surface area contributed by atoms with Gasteiger partial charge in [0.15, 0.2) is 0 Å². The van der Waals surface area contributed by atoms with E-state index < -0.39 is 5.41 Å². The molecule has 0 aliphatic heterocycles. The number of imidazole rings is 1. The largest absolute Gasteiger partial charge is 0.496 e. The minimum Gasteiger partial charge on any atom is -0.496 e. The van der Waals surface area contributed by atoms with E-state index in [9.17, 15) is 5.26 Å². The van der Waals surface area contributed by atoms with Gasteiger partial charge in [-0.3, -0.25) is 0 Å². The normalized spacial score (nSPS) is 11.2. The second-order valence-electron chi connectivity index (χ2n) is 5.27. The molecule has 4 heteroatoms. The van der Waals surface area contributed by atoms with Crippen LogP contribution in [0.3, 0.4) is 0 Å². The number of H-pyrrole nitrogens is 1. The molecule has 0 radical (unpaired) electrons. The number of hydrogen-bond donors (Lipinski definition) is 1. The highest BCUT2D eigenvalue weighted by Crippen LogP contribution is 2.31. The van der Waals surface area contributed by atoms with Gasteiger partial charge in [0.2, 0.25) is 0 Å². The Morgan fingerprint density at radius 3 is 2.75 bits per heavy atom. The second-order valence-corrected chi connectivity index (χ2v) is 5.27. The molecule has 1 heterocycles. The van der Waals surface area contributed by atoms with Crippen LogP contribution in [-0.4, -0.2) is 17.1 Å². The zero-order valence-electron chi connectivity index (χ0n) is 12.3. The molecule has 1 aromatic heterocycles. The molecule has 0 atom stereocenters. The van der Waals surface area contributed by atoms with Crippen LogP contribution < -0.4 is 4.74 Å². The maximum absolute atomic E-state index is 9.18. The zero-order chi connectivity index (χ0) is 14.8. The molecular formula is C16H19N3O. The van der Waals surface area contributed by atoms with Crippen molar-refractivity contribution in [2.24, 2.45) is 0 Å². The number of nitrogens with zero attached hydrogens (tertiary/aromatic N) is 2. The molecule has 0 fully saturated rings.